The average molecular weight is 426 g/mol. The number of ether oxygens (including phenoxy) is 3. The van der Waals surface area contributed by atoms with Crippen molar-refractivity contribution in [2.45, 2.75) is 38.2 Å². The van der Waals surface area contributed by atoms with Crippen molar-refractivity contribution in [1.29, 1.82) is 0 Å². The largest absolute Gasteiger partial charge is 0.508 e. The number of nitrogens with zero attached hydrogens (tertiary/aromatic N) is 2. The summed E-state index contributed by atoms with van der Waals surface area (Å²) in [6.07, 6.45) is -0.974. The van der Waals surface area contributed by atoms with E-state index in [0.717, 1.165) is 11.8 Å². The molecule has 0 unspecified atom stereocenters. The first-order chi connectivity index (χ1) is 13.8. The summed E-state index contributed by atoms with van der Waals surface area (Å²) in [5.74, 6) is 0. The van der Waals surface area contributed by atoms with Crippen LogP contribution in [0, 0.1) is 10.1 Å². The number of likely N-dealkylation sites (tertiary alicyclic amines) is 1. The summed E-state index contributed by atoms with van der Waals surface area (Å²) in [7, 11) is 0. The van der Waals surface area contributed by atoms with Gasteiger partial charge in [-0.25, -0.2) is 9.59 Å². The summed E-state index contributed by atoms with van der Waals surface area (Å²) in [6, 6.07) is 5.22. The highest BCUT2D eigenvalue weighted by Gasteiger charge is 2.38. The molecule has 1 fully saturated rings. The number of hydrogen-bond acceptors (Lipinski definition) is 9. The number of carbonyl (C=O) groups excluding carboxylic acids is 3. The van der Waals surface area contributed by atoms with Crippen molar-refractivity contribution in [1.82, 2.24) is 4.90 Å². The average Bonchev–Trinajstić information content (AvgIpc) is 3.07. The molecule has 10 nitrogen and oxygen atoms in total. The highest BCUT2D eigenvalue weighted by molar-refractivity contribution is 8.14. The van der Waals surface area contributed by atoms with Gasteiger partial charge in [0.1, 0.15) is 13.2 Å². The predicted molar refractivity (Wildman–Crippen MR) is 103 cm³/mol. The lowest BCUT2D eigenvalue weighted by atomic mass is 10.2. The summed E-state index contributed by atoms with van der Waals surface area (Å²) in [5, 5.41) is 10.5. The topological polar surface area (TPSA) is 125 Å². The number of benzene rings is 1. The van der Waals surface area contributed by atoms with Crippen LogP contribution in [0.1, 0.15) is 25.8 Å². The zero-order valence-corrected chi connectivity index (χ0v) is 16.9. The van der Waals surface area contributed by atoms with Crippen LogP contribution in [-0.4, -0.2) is 58.2 Å². The summed E-state index contributed by atoms with van der Waals surface area (Å²) >= 11 is 1.13. The number of rotatable bonds is 7. The lowest BCUT2D eigenvalue weighted by Crippen LogP contribution is -2.39. The van der Waals surface area contributed by atoms with Gasteiger partial charge < -0.3 is 19.1 Å². The van der Waals surface area contributed by atoms with Gasteiger partial charge in [0, 0.05) is 30.9 Å². The summed E-state index contributed by atoms with van der Waals surface area (Å²) in [6.45, 7) is 3.42. The van der Waals surface area contributed by atoms with E-state index in [1.807, 2.05) is 0 Å². The Bertz CT molecular complexity index is 755. The third kappa shape index (κ3) is 6.93. The second-order valence-electron chi connectivity index (χ2n) is 6.25. The molecule has 1 heterocycles. The van der Waals surface area contributed by atoms with Gasteiger partial charge in [0.2, 0.25) is 0 Å². The third-order valence-electron chi connectivity index (χ3n) is 4.11. The minimum absolute atomic E-state index is 0.0557. The molecule has 158 valence electrons. The molecule has 1 aromatic carbocycles. The molecule has 2 rings (SSSR count). The van der Waals surface area contributed by atoms with Crippen molar-refractivity contribution in [2.24, 2.45) is 0 Å². The number of nitro groups is 1. The molecule has 1 aliphatic heterocycles. The van der Waals surface area contributed by atoms with E-state index in [0.29, 0.717) is 12.0 Å². The first-order valence-electron chi connectivity index (χ1n) is 8.93. The minimum atomic E-state index is -0.825. The number of nitro benzene ring substituents is 1. The lowest BCUT2D eigenvalue weighted by Gasteiger charge is -2.23. The molecule has 1 aromatic rings. The zero-order valence-electron chi connectivity index (χ0n) is 16.1. The van der Waals surface area contributed by atoms with Crippen LogP contribution in [0.4, 0.5) is 15.3 Å². The van der Waals surface area contributed by atoms with E-state index in [-0.39, 0.29) is 42.4 Å². The smallest absolute Gasteiger partial charge is 0.445 e. The Morgan fingerprint density at radius 1 is 1.21 bits per heavy atom. The fourth-order valence-corrected chi connectivity index (χ4v) is 3.86. The first kappa shape index (κ1) is 22.5. The van der Waals surface area contributed by atoms with Gasteiger partial charge in [0.25, 0.3) is 5.69 Å². The van der Waals surface area contributed by atoms with Gasteiger partial charge in [0.05, 0.1) is 17.6 Å². The van der Waals surface area contributed by atoms with E-state index >= 15 is 0 Å². The Morgan fingerprint density at radius 2 is 1.90 bits per heavy atom. The van der Waals surface area contributed by atoms with Crippen molar-refractivity contribution >= 4 is 34.8 Å². The molecular formula is C18H22N2O8S. The van der Waals surface area contributed by atoms with Crippen LogP contribution in [0.2, 0.25) is 0 Å². The van der Waals surface area contributed by atoms with Crippen molar-refractivity contribution in [3.63, 3.8) is 0 Å². The molecule has 0 radical (unpaired) electrons. The Labute approximate surface area is 171 Å². The second-order valence-corrected chi connectivity index (χ2v) is 7.72. The van der Waals surface area contributed by atoms with Gasteiger partial charge in [-0.1, -0.05) is 11.8 Å². The summed E-state index contributed by atoms with van der Waals surface area (Å²) < 4.78 is 15.0. The molecule has 0 saturated carbocycles. The minimum Gasteiger partial charge on any atom is -0.445 e. The standard InChI is InChI=1S/C18H22N2O8S/c1-3-26-18(23)28-11-15-8-16(29-12(2)21)9-19(15)17(22)27-10-13-4-6-14(7-5-13)20(24)25/h4-7,15-16H,3,8-11H2,1-2H3/t15-,16-/m0/s1. The Hall–Kier alpha value is -2.82. The van der Waals surface area contributed by atoms with Gasteiger partial charge in [0.15, 0.2) is 5.12 Å². The number of amides is 1. The number of thioether (sulfide) groups is 1. The van der Waals surface area contributed by atoms with E-state index in [4.69, 9.17) is 14.2 Å². The zero-order chi connectivity index (χ0) is 21.4. The summed E-state index contributed by atoms with van der Waals surface area (Å²) in [5.41, 5.74) is 0.539. The molecule has 2 atom stereocenters. The lowest BCUT2D eigenvalue weighted by molar-refractivity contribution is -0.384. The Kier molecular flexibility index (Phi) is 8.25. The normalized spacial score (nSPS) is 18.2. The van der Waals surface area contributed by atoms with Crippen molar-refractivity contribution in [3.8, 4) is 0 Å². The van der Waals surface area contributed by atoms with Crippen molar-refractivity contribution in [3.05, 3.63) is 39.9 Å². The van der Waals surface area contributed by atoms with Crippen molar-refractivity contribution in [2.75, 3.05) is 19.8 Å². The molecule has 1 saturated heterocycles. The quantitative estimate of drug-likeness (QED) is 0.367. The second kappa shape index (κ2) is 10.6. The molecule has 1 aliphatic rings. The van der Waals surface area contributed by atoms with Crippen LogP contribution >= 0.6 is 11.8 Å². The number of hydrogen-bond donors (Lipinski definition) is 0. The fourth-order valence-electron chi connectivity index (χ4n) is 2.84. The van der Waals surface area contributed by atoms with Crippen LogP contribution in [0.5, 0.6) is 0 Å². The van der Waals surface area contributed by atoms with E-state index in [9.17, 15) is 24.5 Å². The van der Waals surface area contributed by atoms with Crippen molar-refractivity contribution < 1.29 is 33.5 Å². The number of non-ortho nitro benzene ring substituents is 1. The molecule has 29 heavy (non-hydrogen) atoms. The Morgan fingerprint density at radius 3 is 2.48 bits per heavy atom. The van der Waals surface area contributed by atoms with Gasteiger partial charge in [-0.2, -0.15) is 0 Å². The molecular weight excluding hydrogens is 404 g/mol. The molecule has 0 bridgehead atoms. The van der Waals surface area contributed by atoms with Gasteiger partial charge in [-0.3, -0.25) is 14.9 Å². The predicted octanol–water partition coefficient (Wildman–Crippen LogP) is 3.13. The van der Waals surface area contributed by atoms with Crippen LogP contribution in [-0.2, 0) is 25.6 Å². The number of carbonyl (C=O) groups is 3. The Balaban J connectivity index is 1.96. The van der Waals surface area contributed by atoms with Crippen LogP contribution in [0.15, 0.2) is 24.3 Å². The third-order valence-corrected chi connectivity index (χ3v) is 5.12. The van der Waals surface area contributed by atoms with Crippen LogP contribution in [0.25, 0.3) is 0 Å². The van der Waals surface area contributed by atoms with Crippen LogP contribution in [0.3, 0.4) is 0 Å². The maximum Gasteiger partial charge on any atom is 0.508 e. The van der Waals surface area contributed by atoms with E-state index in [1.54, 1.807) is 6.92 Å². The fraction of sp³-hybridized carbons (Fsp3) is 0.500. The first-order valence-corrected chi connectivity index (χ1v) is 9.81. The SMILES string of the molecule is CCOC(=O)OC[C@@H]1C[C@H](SC(C)=O)CN1C(=O)OCc1ccc([N+](=O)[O-])cc1. The van der Waals surface area contributed by atoms with E-state index in [2.05, 4.69) is 0 Å². The molecule has 0 N–H and O–H groups in total. The highest BCUT2D eigenvalue weighted by Crippen LogP contribution is 2.29. The maximum absolute atomic E-state index is 12.5. The van der Waals surface area contributed by atoms with Gasteiger partial charge in [-0.15, -0.1) is 0 Å². The molecule has 1 amide bonds. The molecule has 0 aromatic heterocycles. The van der Waals surface area contributed by atoms with E-state index < -0.39 is 23.2 Å². The van der Waals surface area contributed by atoms with Gasteiger partial charge in [-0.05, 0) is 31.0 Å². The summed E-state index contributed by atoms with van der Waals surface area (Å²) in [4.78, 5) is 47.0. The van der Waals surface area contributed by atoms with Gasteiger partial charge >= 0.3 is 12.2 Å². The molecule has 0 aliphatic carbocycles. The monoisotopic (exact) mass is 426 g/mol. The van der Waals surface area contributed by atoms with E-state index in [1.165, 1.54) is 36.1 Å². The molecule has 0 spiro atoms. The maximum atomic E-state index is 12.5. The van der Waals surface area contributed by atoms with Crippen LogP contribution < -0.4 is 0 Å². The molecule has 11 heteroatoms. The highest BCUT2D eigenvalue weighted by atomic mass is 32.2.